The molecule has 1 aliphatic rings. The van der Waals surface area contributed by atoms with E-state index in [-0.39, 0.29) is 18.4 Å². The van der Waals surface area contributed by atoms with Crippen molar-refractivity contribution in [2.24, 2.45) is 0 Å². The molecule has 1 aromatic carbocycles. The molecule has 1 heterocycles. The SMILES string of the molecule is CC(OCC1CCCO1)C(=O)Nc1cccc(CCC(=O)O)c1. The second-order valence-corrected chi connectivity index (χ2v) is 5.69. The van der Waals surface area contributed by atoms with Crippen LogP contribution in [0.15, 0.2) is 24.3 Å². The second-order valence-electron chi connectivity index (χ2n) is 5.69. The number of amides is 1. The summed E-state index contributed by atoms with van der Waals surface area (Å²) in [5.74, 6) is -1.06. The minimum absolute atomic E-state index is 0.0678. The number of carboxylic acid groups (broad SMARTS) is 1. The van der Waals surface area contributed by atoms with Crippen molar-refractivity contribution in [3.05, 3.63) is 29.8 Å². The fourth-order valence-electron chi connectivity index (χ4n) is 2.40. The number of benzene rings is 1. The van der Waals surface area contributed by atoms with Gasteiger partial charge < -0.3 is 19.9 Å². The molecule has 0 saturated carbocycles. The average Bonchev–Trinajstić information content (AvgIpc) is 3.04. The van der Waals surface area contributed by atoms with E-state index in [1.807, 2.05) is 6.07 Å². The quantitative estimate of drug-likeness (QED) is 0.767. The summed E-state index contributed by atoms with van der Waals surface area (Å²) in [7, 11) is 0. The number of rotatable bonds is 8. The van der Waals surface area contributed by atoms with Gasteiger partial charge in [-0.15, -0.1) is 0 Å². The Kier molecular flexibility index (Phi) is 6.55. The zero-order valence-corrected chi connectivity index (χ0v) is 13.3. The van der Waals surface area contributed by atoms with E-state index in [4.69, 9.17) is 14.6 Å². The highest BCUT2D eigenvalue weighted by molar-refractivity contribution is 5.93. The molecule has 0 radical (unpaired) electrons. The Balaban J connectivity index is 1.81. The van der Waals surface area contributed by atoms with Crippen LogP contribution in [0.4, 0.5) is 5.69 Å². The summed E-state index contributed by atoms with van der Waals surface area (Å²) < 4.78 is 11.0. The zero-order valence-electron chi connectivity index (χ0n) is 13.3. The standard InChI is InChI=1S/C17H23NO5/c1-12(23-11-15-6-3-9-22-15)17(21)18-14-5-2-4-13(10-14)7-8-16(19)20/h2,4-5,10,12,15H,3,6-9,11H2,1H3,(H,18,21)(H,19,20). The maximum atomic E-state index is 12.1. The summed E-state index contributed by atoms with van der Waals surface area (Å²) in [6.07, 6.45) is 2.03. The summed E-state index contributed by atoms with van der Waals surface area (Å²) in [4.78, 5) is 22.7. The first kappa shape index (κ1) is 17.4. The molecule has 126 valence electrons. The number of carboxylic acids is 1. The van der Waals surface area contributed by atoms with Crippen molar-refractivity contribution in [3.63, 3.8) is 0 Å². The fourth-order valence-corrected chi connectivity index (χ4v) is 2.40. The van der Waals surface area contributed by atoms with Crippen molar-refractivity contribution in [2.45, 2.75) is 44.8 Å². The smallest absolute Gasteiger partial charge is 0.303 e. The molecule has 2 rings (SSSR count). The molecule has 2 unspecified atom stereocenters. The zero-order chi connectivity index (χ0) is 16.7. The van der Waals surface area contributed by atoms with E-state index in [2.05, 4.69) is 5.32 Å². The number of carbonyl (C=O) groups is 2. The normalized spacial score (nSPS) is 18.6. The van der Waals surface area contributed by atoms with Gasteiger partial charge in [0.15, 0.2) is 0 Å². The van der Waals surface area contributed by atoms with Crippen LogP contribution in [0.25, 0.3) is 0 Å². The molecule has 0 aliphatic carbocycles. The average molecular weight is 321 g/mol. The van der Waals surface area contributed by atoms with E-state index in [0.717, 1.165) is 25.0 Å². The molecule has 6 heteroatoms. The fraction of sp³-hybridized carbons (Fsp3) is 0.529. The van der Waals surface area contributed by atoms with Gasteiger partial charge in [0.05, 0.1) is 12.7 Å². The van der Waals surface area contributed by atoms with Crippen LogP contribution < -0.4 is 5.32 Å². The largest absolute Gasteiger partial charge is 0.481 e. The van der Waals surface area contributed by atoms with E-state index in [1.54, 1.807) is 25.1 Å². The summed E-state index contributed by atoms with van der Waals surface area (Å²) >= 11 is 0. The number of anilines is 1. The van der Waals surface area contributed by atoms with Crippen molar-refractivity contribution < 1.29 is 24.2 Å². The van der Waals surface area contributed by atoms with Crippen LogP contribution in [0.5, 0.6) is 0 Å². The van der Waals surface area contributed by atoms with Gasteiger partial charge in [-0.2, -0.15) is 0 Å². The number of hydrogen-bond donors (Lipinski definition) is 2. The second kappa shape index (κ2) is 8.64. The summed E-state index contributed by atoms with van der Waals surface area (Å²) in [5, 5.41) is 11.5. The van der Waals surface area contributed by atoms with Crippen LogP contribution in [0.3, 0.4) is 0 Å². The van der Waals surface area contributed by atoms with Crippen LogP contribution in [-0.2, 0) is 25.5 Å². The van der Waals surface area contributed by atoms with E-state index in [1.165, 1.54) is 0 Å². The van der Waals surface area contributed by atoms with Gasteiger partial charge in [-0.05, 0) is 43.9 Å². The Hall–Kier alpha value is -1.92. The van der Waals surface area contributed by atoms with E-state index < -0.39 is 12.1 Å². The molecule has 0 bridgehead atoms. The molecule has 1 saturated heterocycles. The minimum atomic E-state index is -0.837. The van der Waals surface area contributed by atoms with Crippen molar-refractivity contribution in [1.82, 2.24) is 0 Å². The summed E-state index contributed by atoms with van der Waals surface area (Å²) in [6, 6.07) is 7.20. The van der Waals surface area contributed by atoms with Crippen LogP contribution in [0.1, 0.15) is 31.7 Å². The number of aryl methyl sites for hydroxylation is 1. The topological polar surface area (TPSA) is 84.9 Å². The molecule has 23 heavy (non-hydrogen) atoms. The van der Waals surface area contributed by atoms with Gasteiger partial charge in [0.1, 0.15) is 6.10 Å². The molecule has 1 fully saturated rings. The van der Waals surface area contributed by atoms with Gasteiger partial charge in [-0.1, -0.05) is 12.1 Å². The maximum absolute atomic E-state index is 12.1. The molecule has 1 aliphatic heterocycles. The first-order valence-corrected chi connectivity index (χ1v) is 7.89. The van der Waals surface area contributed by atoms with Gasteiger partial charge in [-0.25, -0.2) is 0 Å². The first-order chi connectivity index (χ1) is 11.0. The van der Waals surface area contributed by atoms with E-state index in [0.29, 0.717) is 18.7 Å². The Labute approximate surface area is 135 Å². The molecular formula is C17H23NO5. The highest BCUT2D eigenvalue weighted by Crippen LogP contribution is 2.15. The van der Waals surface area contributed by atoms with Crippen molar-refractivity contribution in [2.75, 3.05) is 18.5 Å². The Bertz CT molecular complexity index is 540. The van der Waals surface area contributed by atoms with Crippen molar-refractivity contribution in [3.8, 4) is 0 Å². The highest BCUT2D eigenvalue weighted by Gasteiger charge is 2.20. The molecule has 6 nitrogen and oxygen atoms in total. The molecule has 1 amide bonds. The number of ether oxygens (including phenoxy) is 2. The van der Waals surface area contributed by atoms with Crippen LogP contribution in [0, 0.1) is 0 Å². The lowest BCUT2D eigenvalue weighted by atomic mass is 10.1. The lowest BCUT2D eigenvalue weighted by Crippen LogP contribution is -2.30. The Morgan fingerprint density at radius 2 is 2.30 bits per heavy atom. The first-order valence-electron chi connectivity index (χ1n) is 7.89. The molecule has 0 spiro atoms. The van der Waals surface area contributed by atoms with Gasteiger partial charge in [0.2, 0.25) is 0 Å². The number of carbonyl (C=O) groups excluding carboxylic acids is 1. The highest BCUT2D eigenvalue weighted by atomic mass is 16.5. The molecule has 2 N–H and O–H groups in total. The predicted molar refractivity (Wildman–Crippen MR) is 85.4 cm³/mol. The van der Waals surface area contributed by atoms with Gasteiger partial charge in [0, 0.05) is 18.7 Å². The number of hydrogen-bond acceptors (Lipinski definition) is 4. The molecular weight excluding hydrogens is 298 g/mol. The van der Waals surface area contributed by atoms with Gasteiger partial charge in [0.25, 0.3) is 5.91 Å². The third kappa shape index (κ3) is 6.00. The molecule has 2 atom stereocenters. The lowest BCUT2D eigenvalue weighted by molar-refractivity contribution is -0.137. The monoisotopic (exact) mass is 321 g/mol. The lowest BCUT2D eigenvalue weighted by Gasteiger charge is -2.16. The summed E-state index contributed by atoms with van der Waals surface area (Å²) in [6.45, 7) is 2.89. The van der Waals surface area contributed by atoms with Crippen LogP contribution in [-0.4, -0.2) is 42.4 Å². The Morgan fingerprint density at radius 1 is 1.48 bits per heavy atom. The van der Waals surface area contributed by atoms with Crippen molar-refractivity contribution in [1.29, 1.82) is 0 Å². The third-order valence-corrected chi connectivity index (χ3v) is 3.75. The predicted octanol–water partition coefficient (Wildman–Crippen LogP) is 2.23. The number of aliphatic carboxylic acids is 1. The van der Waals surface area contributed by atoms with Crippen LogP contribution >= 0.6 is 0 Å². The Morgan fingerprint density at radius 3 is 3.00 bits per heavy atom. The van der Waals surface area contributed by atoms with Gasteiger partial charge in [-0.3, -0.25) is 9.59 Å². The summed E-state index contributed by atoms with van der Waals surface area (Å²) in [5.41, 5.74) is 1.52. The molecule has 0 aromatic heterocycles. The van der Waals surface area contributed by atoms with Gasteiger partial charge >= 0.3 is 5.97 Å². The van der Waals surface area contributed by atoms with Crippen LogP contribution in [0.2, 0.25) is 0 Å². The third-order valence-electron chi connectivity index (χ3n) is 3.75. The molecule has 1 aromatic rings. The minimum Gasteiger partial charge on any atom is -0.481 e. The van der Waals surface area contributed by atoms with Crippen molar-refractivity contribution >= 4 is 17.6 Å². The maximum Gasteiger partial charge on any atom is 0.303 e. The van der Waals surface area contributed by atoms with E-state index >= 15 is 0 Å². The number of nitrogens with one attached hydrogen (secondary N) is 1. The van der Waals surface area contributed by atoms with E-state index in [9.17, 15) is 9.59 Å².